The van der Waals surface area contributed by atoms with E-state index in [9.17, 15) is 4.79 Å². The van der Waals surface area contributed by atoms with E-state index in [0.717, 1.165) is 33.4 Å². The maximum atomic E-state index is 12.4. The quantitative estimate of drug-likeness (QED) is 0.379. The molecule has 3 aromatic rings. The molecular weight excluding hydrogens is 344 g/mol. The maximum Gasteiger partial charge on any atom is 0.183 e. The largest absolute Gasteiger partial charge is 0.292 e. The van der Waals surface area contributed by atoms with E-state index in [1.807, 2.05) is 26.0 Å². The molecule has 0 amide bonds. The molecular formula is C17H16N2OS3. The summed E-state index contributed by atoms with van der Waals surface area (Å²) in [6.07, 6.45) is 3.50. The Labute approximate surface area is 147 Å². The summed E-state index contributed by atoms with van der Waals surface area (Å²) in [5.41, 5.74) is 1.42. The Hall–Kier alpha value is -1.24. The lowest BCUT2D eigenvalue weighted by atomic mass is 10.2. The van der Waals surface area contributed by atoms with Crippen molar-refractivity contribution in [2.45, 2.75) is 38.1 Å². The third kappa shape index (κ3) is 2.84. The average Bonchev–Trinajstić information content (AvgIpc) is 3.19. The van der Waals surface area contributed by atoms with Gasteiger partial charge >= 0.3 is 0 Å². The second-order valence-electron chi connectivity index (χ2n) is 5.74. The molecule has 0 aliphatic heterocycles. The van der Waals surface area contributed by atoms with E-state index in [1.165, 1.54) is 27.1 Å². The number of fused-ring (bicyclic) bond motifs is 3. The number of hydrogen-bond acceptors (Lipinski definition) is 6. The van der Waals surface area contributed by atoms with Crippen molar-refractivity contribution in [1.29, 1.82) is 0 Å². The number of ketones is 1. The van der Waals surface area contributed by atoms with E-state index in [0.29, 0.717) is 5.75 Å². The van der Waals surface area contributed by atoms with Crippen molar-refractivity contribution in [3.05, 3.63) is 38.2 Å². The minimum atomic E-state index is 0.185. The SMILES string of the molecule is Cc1nc(SCC(=O)c2ccc(C)s2)c2c3c(sc2n1)CCC3. The highest BCUT2D eigenvalue weighted by atomic mass is 32.2. The Bertz CT molecular complexity index is 910. The molecule has 0 N–H and O–H groups in total. The third-order valence-corrected chi connectivity index (χ3v) is 7.20. The lowest BCUT2D eigenvalue weighted by molar-refractivity contribution is 0.102. The average molecular weight is 361 g/mol. The van der Waals surface area contributed by atoms with Gasteiger partial charge in [-0.1, -0.05) is 11.8 Å². The molecule has 0 atom stereocenters. The van der Waals surface area contributed by atoms with Crippen molar-refractivity contribution >= 4 is 50.4 Å². The standard InChI is InChI=1S/C17H16N2OS3/c1-9-6-7-14(22-9)12(20)8-21-16-15-11-4-3-5-13(11)23-17(15)19-10(2)18-16/h6-7H,3-5,8H2,1-2H3. The van der Waals surface area contributed by atoms with Crippen molar-refractivity contribution in [2.75, 3.05) is 5.75 Å². The highest BCUT2D eigenvalue weighted by molar-refractivity contribution is 8.00. The van der Waals surface area contributed by atoms with Crippen molar-refractivity contribution in [2.24, 2.45) is 0 Å². The molecule has 1 aliphatic carbocycles. The van der Waals surface area contributed by atoms with Gasteiger partial charge in [-0.2, -0.15) is 0 Å². The van der Waals surface area contributed by atoms with Crippen molar-refractivity contribution in [3.8, 4) is 0 Å². The Morgan fingerprint density at radius 1 is 1.22 bits per heavy atom. The minimum absolute atomic E-state index is 0.185. The summed E-state index contributed by atoms with van der Waals surface area (Å²) in [7, 11) is 0. The van der Waals surface area contributed by atoms with Crippen LogP contribution in [0.2, 0.25) is 0 Å². The van der Waals surface area contributed by atoms with Crippen molar-refractivity contribution in [1.82, 2.24) is 9.97 Å². The zero-order chi connectivity index (χ0) is 16.0. The fourth-order valence-corrected chi connectivity index (χ4v) is 6.21. The van der Waals surface area contributed by atoms with Gasteiger partial charge in [-0.25, -0.2) is 9.97 Å². The zero-order valence-corrected chi connectivity index (χ0v) is 15.5. The molecule has 23 heavy (non-hydrogen) atoms. The number of thioether (sulfide) groups is 1. The van der Waals surface area contributed by atoms with E-state index >= 15 is 0 Å². The second-order valence-corrected chi connectivity index (χ2v) is 9.07. The van der Waals surface area contributed by atoms with Gasteiger partial charge in [0.2, 0.25) is 0 Å². The van der Waals surface area contributed by atoms with Crippen LogP contribution >= 0.6 is 34.4 Å². The number of carbonyl (C=O) groups excluding carboxylic acids is 1. The van der Waals surface area contributed by atoms with E-state index in [1.54, 1.807) is 34.4 Å². The second kappa shape index (κ2) is 6.00. The number of rotatable bonds is 4. The van der Waals surface area contributed by atoms with Gasteiger partial charge in [0.15, 0.2) is 5.78 Å². The summed E-state index contributed by atoms with van der Waals surface area (Å²) in [5.74, 6) is 1.42. The number of aromatic nitrogens is 2. The van der Waals surface area contributed by atoms with Crippen LogP contribution < -0.4 is 0 Å². The van der Waals surface area contributed by atoms with Gasteiger partial charge in [-0.05, 0) is 50.8 Å². The predicted molar refractivity (Wildman–Crippen MR) is 98.3 cm³/mol. The smallest absolute Gasteiger partial charge is 0.183 e. The van der Waals surface area contributed by atoms with Crippen LogP contribution in [0.15, 0.2) is 17.2 Å². The van der Waals surface area contributed by atoms with Gasteiger partial charge in [-0.15, -0.1) is 22.7 Å². The lowest BCUT2D eigenvalue weighted by Gasteiger charge is -2.05. The van der Waals surface area contributed by atoms with Crippen LogP contribution in [0, 0.1) is 13.8 Å². The molecule has 3 nitrogen and oxygen atoms in total. The Kier molecular flexibility index (Phi) is 3.99. The lowest BCUT2D eigenvalue weighted by Crippen LogP contribution is -2.01. The maximum absolute atomic E-state index is 12.4. The normalized spacial score (nSPS) is 13.7. The molecule has 0 unspecified atom stereocenters. The predicted octanol–water partition coefficient (Wildman–Crippen LogP) is 4.83. The topological polar surface area (TPSA) is 42.9 Å². The molecule has 0 spiro atoms. The fourth-order valence-electron chi connectivity index (χ4n) is 2.96. The van der Waals surface area contributed by atoms with Crippen molar-refractivity contribution in [3.63, 3.8) is 0 Å². The van der Waals surface area contributed by atoms with Crippen LogP contribution in [0.3, 0.4) is 0 Å². The molecule has 3 aromatic heterocycles. The molecule has 0 saturated carbocycles. The zero-order valence-electron chi connectivity index (χ0n) is 13.0. The fraction of sp³-hybridized carbons (Fsp3) is 0.353. The first-order valence-electron chi connectivity index (χ1n) is 7.63. The summed E-state index contributed by atoms with van der Waals surface area (Å²) in [5, 5.41) is 2.18. The van der Waals surface area contributed by atoms with Gasteiger partial charge in [0.1, 0.15) is 15.7 Å². The molecule has 0 aromatic carbocycles. The minimum Gasteiger partial charge on any atom is -0.292 e. The van der Waals surface area contributed by atoms with Crippen LogP contribution in [0.5, 0.6) is 0 Å². The van der Waals surface area contributed by atoms with Crippen LogP contribution in [0.1, 0.15) is 37.2 Å². The highest BCUT2D eigenvalue weighted by Gasteiger charge is 2.22. The first kappa shape index (κ1) is 15.3. The molecule has 0 fully saturated rings. The molecule has 0 radical (unpaired) electrons. The van der Waals surface area contributed by atoms with E-state index in [-0.39, 0.29) is 5.78 Å². The number of nitrogens with zero attached hydrogens (tertiary/aromatic N) is 2. The van der Waals surface area contributed by atoms with E-state index in [4.69, 9.17) is 0 Å². The number of Topliss-reactive ketones (excluding diaryl/α,β-unsaturated/α-hetero) is 1. The number of hydrogen-bond donors (Lipinski definition) is 0. The van der Waals surface area contributed by atoms with Crippen LogP contribution in [0.4, 0.5) is 0 Å². The molecule has 6 heteroatoms. The van der Waals surface area contributed by atoms with Gasteiger partial charge in [0.25, 0.3) is 0 Å². The van der Waals surface area contributed by atoms with E-state index in [2.05, 4.69) is 9.97 Å². The number of aryl methyl sites for hydroxylation is 4. The molecule has 0 saturated heterocycles. The number of carbonyl (C=O) groups is 1. The molecule has 118 valence electrons. The van der Waals surface area contributed by atoms with Crippen molar-refractivity contribution < 1.29 is 4.79 Å². The highest BCUT2D eigenvalue weighted by Crippen LogP contribution is 2.40. The first-order chi connectivity index (χ1) is 11.1. The molecule has 1 aliphatic rings. The summed E-state index contributed by atoms with van der Waals surface area (Å²) in [4.78, 5) is 26.2. The monoisotopic (exact) mass is 360 g/mol. The Morgan fingerprint density at radius 3 is 2.87 bits per heavy atom. The first-order valence-corrected chi connectivity index (χ1v) is 10.2. The van der Waals surface area contributed by atoms with Crippen LogP contribution in [0.25, 0.3) is 10.2 Å². The Morgan fingerprint density at radius 2 is 2.09 bits per heavy atom. The number of thiophene rings is 2. The van der Waals surface area contributed by atoms with Crippen LogP contribution in [-0.2, 0) is 12.8 Å². The van der Waals surface area contributed by atoms with Gasteiger partial charge in [0, 0.05) is 15.1 Å². The summed E-state index contributed by atoms with van der Waals surface area (Å²) in [6, 6.07) is 3.92. The summed E-state index contributed by atoms with van der Waals surface area (Å²) < 4.78 is 0. The molecule has 0 bridgehead atoms. The summed E-state index contributed by atoms with van der Waals surface area (Å²) >= 11 is 4.93. The molecule has 4 rings (SSSR count). The third-order valence-electron chi connectivity index (χ3n) is 4.00. The Balaban J connectivity index is 1.65. The van der Waals surface area contributed by atoms with Gasteiger partial charge < -0.3 is 0 Å². The summed E-state index contributed by atoms with van der Waals surface area (Å²) in [6.45, 7) is 3.96. The van der Waals surface area contributed by atoms with Gasteiger partial charge in [0.05, 0.1) is 10.6 Å². The van der Waals surface area contributed by atoms with Crippen LogP contribution in [-0.4, -0.2) is 21.5 Å². The van der Waals surface area contributed by atoms with Gasteiger partial charge in [-0.3, -0.25) is 4.79 Å². The molecule has 3 heterocycles. The van der Waals surface area contributed by atoms with E-state index < -0.39 is 0 Å².